The fourth-order valence-electron chi connectivity index (χ4n) is 2.54. The summed E-state index contributed by atoms with van der Waals surface area (Å²) in [5.74, 6) is 1.88. The molecular weight excluding hydrogens is 262 g/mol. The minimum absolute atomic E-state index is 0.283. The number of rotatable bonds is 8. The largest absolute Gasteiger partial charge is 0.465 e. The van der Waals surface area contributed by atoms with Gasteiger partial charge >= 0.3 is 0 Å². The standard InChI is InChI=1S/C18H25NO2/c1-3-7-17(20)13-19(12-16-8-5-4-6-9-16)14-18-11-10-15(2)21-18/h4-6,8-11,17,20H,3,7,12-14H2,1-2H3/t17-/m1/s1. The molecule has 0 spiro atoms. The molecule has 0 aliphatic carbocycles. The molecule has 114 valence electrons. The van der Waals surface area contributed by atoms with Crippen LogP contribution in [0.4, 0.5) is 0 Å². The first kappa shape index (κ1) is 15.8. The molecule has 2 rings (SSSR count). The van der Waals surface area contributed by atoms with Crippen LogP contribution in [-0.2, 0) is 13.1 Å². The average molecular weight is 287 g/mol. The van der Waals surface area contributed by atoms with Gasteiger partial charge in [-0.2, -0.15) is 0 Å². The van der Waals surface area contributed by atoms with Crippen molar-refractivity contribution < 1.29 is 9.52 Å². The van der Waals surface area contributed by atoms with Gasteiger partial charge in [0, 0.05) is 13.1 Å². The lowest BCUT2D eigenvalue weighted by molar-refractivity contribution is 0.0930. The number of benzene rings is 1. The fraction of sp³-hybridized carbons (Fsp3) is 0.444. The van der Waals surface area contributed by atoms with E-state index in [1.807, 2.05) is 37.3 Å². The Balaban J connectivity index is 2.02. The normalized spacial score (nSPS) is 12.8. The van der Waals surface area contributed by atoms with Crippen molar-refractivity contribution in [2.75, 3.05) is 6.54 Å². The van der Waals surface area contributed by atoms with Crippen LogP contribution in [0.3, 0.4) is 0 Å². The second-order valence-corrected chi connectivity index (χ2v) is 5.61. The van der Waals surface area contributed by atoms with Gasteiger partial charge in [0.25, 0.3) is 0 Å². The van der Waals surface area contributed by atoms with E-state index in [9.17, 15) is 5.11 Å². The van der Waals surface area contributed by atoms with Crippen molar-refractivity contribution in [3.05, 3.63) is 59.5 Å². The van der Waals surface area contributed by atoms with Crippen molar-refractivity contribution in [2.24, 2.45) is 0 Å². The van der Waals surface area contributed by atoms with Crippen LogP contribution in [0, 0.1) is 6.92 Å². The SMILES string of the molecule is CCC[C@@H](O)CN(Cc1ccccc1)Cc1ccc(C)o1. The molecule has 0 saturated heterocycles. The number of aryl methyl sites for hydroxylation is 1. The zero-order valence-corrected chi connectivity index (χ0v) is 13.0. The highest BCUT2D eigenvalue weighted by Crippen LogP contribution is 2.14. The third-order valence-electron chi connectivity index (χ3n) is 3.52. The van der Waals surface area contributed by atoms with E-state index in [1.54, 1.807) is 0 Å². The molecule has 1 aromatic heterocycles. The van der Waals surface area contributed by atoms with Crippen molar-refractivity contribution in [1.29, 1.82) is 0 Å². The molecule has 3 heteroatoms. The summed E-state index contributed by atoms with van der Waals surface area (Å²) in [6, 6.07) is 14.4. The molecule has 1 heterocycles. The van der Waals surface area contributed by atoms with Gasteiger partial charge < -0.3 is 9.52 Å². The first-order valence-corrected chi connectivity index (χ1v) is 7.67. The Kier molecular flexibility index (Phi) is 6.03. The molecule has 0 radical (unpaired) electrons. The molecule has 0 unspecified atom stereocenters. The van der Waals surface area contributed by atoms with Crippen molar-refractivity contribution in [3.8, 4) is 0 Å². The summed E-state index contributed by atoms with van der Waals surface area (Å²) in [7, 11) is 0. The predicted octanol–water partition coefficient (Wildman–Crippen LogP) is 3.75. The highest BCUT2D eigenvalue weighted by molar-refractivity contribution is 5.15. The van der Waals surface area contributed by atoms with Gasteiger partial charge in [0.2, 0.25) is 0 Å². The van der Waals surface area contributed by atoms with Crippen LogP contribution in [-0.4, -0.2) is 22.7 Å². The third kappa shape index (κ3) is 5.37. The summed E-state index contributed by atoms with van der Waals surface area (Å²) in [5, 5.41) is 10.1. The second kappa shape index (κ2) is 8.01. The van der Waals surface area contributed by atoms with Crippen LogP contribution in [0.15, 0.2) is 46.9 Å². The minimum atomic E-state index is -0.283. The predicted molar refractivity (Wildman–Crippen MR) is 84.9 cm³/mol. The molecule has 1 aromatic carbocycles. The number of nitrogens with zero attached hydrogens (tertiary/aromatic N) is 1. The Labute approximate surface area is 127 Å². The summed E-state index contributed by atoms with van der Waals surface area (Å²) in [4.78, 5) is 2.24. The lowest BCUT2D eigenvalue weighted by Gasteiger charge is -2.24. The van der Waals surface area contributed by atoms with Crippen LogP contribution in [0.25, 0.3) is 0 Å². The van der Waals surface area contributed by atoms with E-state index in [1.165, 1.54) is 5.56 Å². The molecule has 0 fully saturated rings. The first-order valence-electron chi connectivity index (χ1n) is 7.67. The smallest absolute Gasteiger partial charge is 0.118 e. The monoisotopic (exact) mass is 287 g/mol. The maximum Gasteiger partial charge on any atom is 0.118 e. The fourth-order valence-corrected chi connectivity index (χ4v) is 2.54. The zero-order valence-electron chi connectivity index (χ0n) is 13.0. The van der Waals surface area contributed by atoms with Gasteiger partial charge in [-0.1, -0.05) is 43.7 Å². The zero-order chi connectivity index (χ0) is 15.1. The Morgan fingerprint density at radius 3 is 2.48 bits per heavy atom. The topological polar surface area (TPSA) is 36.6 Å². The molecule has 0 saturated carbocycles. The summed E-state index contributed by atoms with van der Waals surface area (Å²) >= 11 is 0. The molecule has 0 aliphatic heterocycles. The number of hydrogen-bond donors (Lipinski definition) is 1. The van der Waals surface area contributed by atoms with Gasteiger partial charge in [-0.25, -0.2) is 0 Å². The molecular formula is C18H25NO2. The van der Waals surface area contributed by atoms with Gasteiger partial charge in [-0.05, 0) is 31.0 Å². The number of hydrogen-bond acceptors (Lipinski definition) is 3. The molecule has 1 N–H and O–H groups in total. The summed E-state index contributed by atoms with van der Waals surface area (Å²) in [6.07, 6.45) is 1.55. The molecule has 1 atom stereocenters. The van der Waals surface area contributed by atoms with Gasteiger partial charge in [-0.3, -0.25) is 4.90 Å². The maximum atomic E-state index is 10.1. The Morgan fingerprint density at radius 1 is 1.10 bits per heavy atom. The van der Waals surface area contributed by atoms with Crippen LogP contribution in [0.1, 0.15) is 36.8 Å². The second-order valence-electron chi connectivity index (χ2n) is 5.61. The Bertz CT molecular complexity index is 521. The van der Waals surface area contributed by atoms with E-state index in [-0.39, 0.29) is 6.10 Å². The van der Waals surface area contributed by atoms with Gasteiger partial charge in [0.05, 0.1) is 12.6 Å². The lowest BCUT2D eigenvalue weighted by atomic mass is 10.1. The lowest BCUT2D eigenvalue weighted by Crippen LogP contribution is -2.31. The highest BCUT2D eigenvalue weighted by Gasteiger charge is 2.14. The minimum Gasteiger partial charge on any atom is -0.465 e. The molecule has 3 nitrogen and oxygen atoms in total. The van der Waals surface area contributed by atoms with Crippen LogP contribution >= 0.6 is 0 Å². The number of aliphatic hydroxyl groups excluding tert-OH is 1. The van der Waals surface area contributed by atoms with Crippen molar-refractivity contribution in [2.45, 2.75) is 45.9 Å². The van der Waals surface area contributed by atoms with Gasteiger partial charge in [0.1, 0.15) is 11.5 Å². The van der Waals surface area contributed by atoms with Crippen molar-refractivity contribution in [1.82, 2.24) is 4.90 Å². The van der Waals surface area contributed by atoms with E-state index in [2.05, 4.69) is 24.0 Å². The van der Waals surface area contributed by atoms with E-state index >= 15 is 0 Å². The van der Waals surface area contributed by atoms with Gasteiger partial charge in [0.15, 0.2) is 0 Å². The van der Waals surface area contributed by atoms with E-state index in [0.29, 0.717) is 6.54 Å². The average Bonchev–Trinajstić information content (AvgIpc) is 2.85. The molecule has 0 bridgehead atoms. The van der Waals surface area contributed by atoms with E-state index in [4.69, 9.17) is 4.42 Å². The summed E-state index contributed by atoms with van der Waals surface area (Å²) in [5.41, 5.74) is 1.25. The first-order chi connectivity index (χ1) is 10.2. The number of furan rings is 1. The molecule has 21 heavy (non-hydrogen) atoms. The Morgan fingerprint density at radius 2 is 1.86 bits per heavy atom. The van der Waals surface area contributed by atoms with E-state index in [0.717, 1.165) is 37.5 Å². The summed E-state index contributed by atoms with van der Waals surface area (Å²) in [6.45, 7) is 6.27. The molecule has 0 aliphatic rings. The third-order valence-corrected chi connectivity index (χ3v) is 3.52. The van der Waals surface area contributed by atoms with Gasteiger partial charge in [-0.15, -0.1) is 0 Å². The van der Waals surface area contributed by atoms with Crippen molar-refractivity contribution >= 4 is 0 Å². The Hall–Kier alpha value is -1.58. The molecule has 0 amide bonds. The quantitative estimate of drug-likeness (QED) is 0.803. The highest BCUT2D eigenvalue weighted by atomic mass is 16.3. The van der Waals surface area contributed by atoms with E-state index < -0.39 is 0 Å². The number of aliphatic hydroxyl groups is 1. The van der Waals surface area contributed by atoms with Crippen molar-refractivity contribution in [3.63, 3.8) is 0 Å². The maximum absolute atomic E-state index is 10.1. The van der Waals surface area contributed by atoms with Crippen LogP contribution < -0.4 is 0 Å². The molecule has 2 aromatic rings. The van der Waals surface area contributed by atoms with Crippen LogP contribution in [0.2, 0.25) is 0 Å². The van der Waals surface area contributed by atoms with Crippen LogP contribution in [0.5, 0.6) is 0 Å². The summed E-state index contributed by atoms with van der Waals surface area (Å²) < 4.78 is 5.67.